The minimum absolute atomic E-state index is 0.0521. The molecular formula is C23H21N3O2S2. The van der Waals surface area contributed by atoms with E-state index in [2.05, 4.69) is 4.98 Å². The first kappa shape index (κ1) is 20.4. The summed E-state index contributed by atoms with van der Waals surface area (Å²) in [6.45, 7) is 0. The molecule has 2 aromatic carbocycles. The monoisotopic (exact) mass is 435 g/mol. The number of hydrogen-bond donors (Lipinski definition) is 0. The Labute approximate surface area is 183 Å². The molecule has 152 valence electrons. The normalized spacial score (nSPS) is 10.9. The minimum atomic E-state index is 0.0521. The summed E-state index contributed by atoms with van der Waals surface area (Å²) in [5, 5.41) is 3.42. The molecule has 0 saturated carbocycles. The van der Waals surface area contributed by atoms with Crippen molar-refractivity contribution in [3.63, 3.8) is 0 Å². The van der Waals surface area contributed by atoms with Crippen LogP contribution in [0.15, 0.2) is 75.7 Å². The molecule has 0 N–H and O–H groups in total. The summed E-state index contributed by atoms with van der Waals surface area (Å²) < 4.78 is 6.15. The number of amides is 1. The molecule has 0 atom stereocenters. The summed E-state index contributed by atoms with van der Waals surface area (Å²) in [5.74, 6) is 1.45. The van der Waals surface area contributed by atoms with Gasteiger partial charge in [0.25, 0.3) is 5.22 Å². The van der Waals surface area contributed by atoms with E-state index < -0.39 is 0 Å². The van der Waals surface area contributed by atoms with Crippen LogP contribution < -0.4 is 0 Å². The number of nitrogens with zero attached hydrogens (tertiary/aromatic N) is 3. The van der Waals surface area contributed by atoms with Crippen LogP contribution in [-0.2, 0) is 17.0 Å². The fourth-order valence-corrected chi connectivity index (χ4v) is 4.47. The Morgan fingerprint density at radius 3 is 2.33 bits per heavy atom. The first-order valence-corrected chi connectivity index (χ1v) is 11.3. The molecule has 0 aliphatic rings. The third-order valence-electron chi connectivity index (χ3n) is 4.43. The number of benzene rings is 2. The largest absolute Gasteiger partial charge is 0.431 e. The van der Waals surface area contributed by atoms with Gasteiger partial charge in [0.1, 0.15) is 10.7 Å². The van der Waals surface area contributed by atoms with E-state index in [1.165, 1.54) is 23.1 Å². The number of thiazole rings is 1. The standard InChI is InChI=1S/C23H21N3O2S2/c1-26(2)20(27)13-19-24-18(14-29-19)15-30-23-25-21(16-9-5-3-6-10-16)22(28-23)17-11-7-4-8-12-17/h3-12,14H,13,15H2,1-2H3. The SMILES string of the molecule is CN(C)C(=O)Cc1nc(CSc2nc(-c3ccccc3)c(-c3ccccc3)o2)cs1. The summed E-state index contributed by atoms with van der Waals surface area (Å²) >= 11 is 3.02. The Balaban J connectivity index is 1.53. The average Bonchev–Trinajstić information content (AvgIpc) is 3.40. The van der Waals surface area contributed by atoms with Crippen molar-refractivity contribution in [2.45, 2.75) is 17.4 Å². The van der Waals surface area contributed by atoms with E-state index in [0.717, 1.165) is 33.3 Å². The molecular weight excluding hydrogens is 414 g/mol. The Kier molecular flexibility index (Phi) is 6.30. The minimum Gasteiger partial charge on any atom is -0.431 e. The second kappa shape index (κ2) is 9.28. The molecule has 0 aliphatic carbocycles. The topological polar surface area (TPSA) is 59.2 Å². The van der Waals surface area contributed by atoms with E-state index in [1.807, 2.05) is 66.0 Å². The molecule has 1 amide bonds. The Bertz CT molecular complexity index is 1060. The molecule has 0 spiro atoms. The predicted octanol–water partition coefficient (Wildman–Crippen LogP) is 5.39. The van der Waals surface area contributed by atoms with Crippen LogP contribution in [0.25, 0.3) is 22.6 Å². The van der Waals surface area contributed by atoms with Crippen LogP contribution in [0.4, 0.5) is 0 Å². The first-order chi connectivity index (χ1) is 14.6. The van der Waals surface area contributed by atoms with Gasteiger partial charge in [-0.05, 0) is 0 Å². The van der Waals surface area contributed by atoms with Gasteiger partial charge >= 0.3 is 0 Å². The van der Waals surface area contributed by atoms with E-state index in [9.17, 15) is 4.79 Å². The van der Waals surface area contributed by atoms with Crippen molar-refractivity contribution in [3.05, 3.63) is 76.7 Å². The number of rotatable bonds is 7. The van der Waals surface area contributed by atoms with Crippen molar-refractivity contribution >= 4 is 29.0 Å². The van der Waals surface area contributed by atoms with Crippen LogP contribution in [0.1, 0.15) is 10.7 Å². The fraction of sp³-hybridized carbons (Fsp3) is 0.174. The molecule has 5 nitrogen and oxygen atoms in total. The van der Waals surface area contributed by atoms with E-state index >= 15 is 0 Å². The molecule has 0 aliphatic heterocycles. The molecule has 0 bridgehead atoms. The average molecular weight is 436 g/mol. The predicted molar refractivity (Wildman–Crippen MR) is 121 cm³/mol. The number of thioether (sulfide) groups is 1. The van der Waals surface area contributed by atoms with Gasteiger partial charge in [-0.1, -0.05) is 72.4 Å². The van der Waals surface area contributed by atoms with E-state index in [-0.39, 0.29) is 5.91 Å². The van der Waals surface area contributed by atoms with E-state index in [0.29, 0.717) is 17.4 Å². The van der Waals surface area contributed by atoms with Gasteiger partial charge in [-0.3, -0.25) is 4.79 Å². The van der Waals surface area contributed by atoms with Crippen LogP contribution in [0.5, 0.6) is 0 Å². The van der Waals surface area contributed by atoms with Gasteiger partial charge in [-0.2, -0.15) is 0 Å². The van der Waals surface area contributed by atoms with Crippen molar-refractivity contribution in [3.8, 4) is 22.6 Å². The van der Waals surface area contributed by atoms with Gasteiger partial charge in [0.15, 0.2) is 5.76 Å². The molecule has 30 heavy (non-hydrogen) atoms. The van der Waals surface area contributed by atoms with E-state index in [1.54, 1.807) is 19.0 Å². The van der Waals surface area contributed by atoms with Crippen molar-refractivity contribution in [1.82, 2.24) is 14.9 Å². The van der Waals surface area contributed by atoms with Gasteiger partial charge < -0.3 is 9.32 Å². The smallest absolute Gasteiger partial charge is 0.257 e. The molecule has 4 rings (SSSR count). The van der Waals surface area contributed by atoms with Gasteiger partial charge in [-0.15, -0.1) is 11.3 Å². The summed E-state index contributed by atoms with van der Waals surface area (Å²) in [7, 11) is 3.51. The highest BCUT2D eigenvalue weighted by Gasteiger charge is 2.18. The lowest BCUT2D eigenvalue weighted by molar-refractivity contribution is -0.127. The fourth-order valence-electron chi connectivity index (χ4n) is 2.86. The summed E-state index contributed by atoms with van der Waals surface area (Å²) in [6.07, 6.45) is 0.331. The van der Waals surface area contributed by atoms with Crippen molar-refractivity contribution in [2.24, 2.45) is 0 Å². The molecule has 0 fully saturated rings. The van der Waals surface area contributed by atoms with E-state index in [4.69, 9.17) is 9.40 Å². The third-order valence-corrected chi connectivity index (χ3v) is 6.19. The van der Waals surface area contributed by atoms with Gasteiger partial charge in [0.05, 0.1) is 12.1 Å². The second-order valence-electron chi connectivity index (χ2n) is 6.88. The summed E-state index contributed by atoms with van der Waals surface area (Å²) in [6, 6.07) is 20.1. The number of aromatic nitrogens is 2. The van der Waals surface area contributed by atoms with Crippen molar-refractivity contribution < 1.29 is 9.21 Å². The van der Waals surface area contributed by atoms with Crippen LogP contribution >= 0.6 is 23.1 Å². The number of likely N-dealkylation sites (N-methyl/N-ethyl adjacent to an activating group) is 1. The zero-order valence-corrected chi connectivity index (χ0v) is 18.4. The molecule has 2 heterocycles. The molecule has 0 saturated heterocycles. The molecule has 0 unspecified atom stereocenters. The first-order valence-electron chi connectivity index (χ1n) is 9.48. The molecule has 7 heteroatoms. The highest BCUT2D eigenvalue weighted by atomic mass is 32.2. The molecule has 2 aromatic heterocycles. The Morgan fingerprint density at radius 2 is 1.67 bits per heavy atom. The highest BCUT2D eigenvalue weighted by molar-refractivity contribution is 7.98. The van der Waals surface area contributed by atoms with Gasteiger partial charge in [0.2, 0.25) is 5.91 Å². The van der Waals surface area contributed by atoms with Crippen LogP contribution in [0.3, 0.4) is 0 Å². The Morgan fingerprint density at radius 1 is 1.00 bits per heavy atom. The lowest BCUT2D eigenvalue weighted by atomic mass is 10.1. The van der Waals surface area contributed by atoms with Crippen LogP contribution in [0.2, 0.25) is 0 Å². The second-order valence-corrected chi connectivity index (χ2v) is 8.74. The summed E-state index contributed by atoms with van der Waals surface area (Å²) in [4.78, 5) is 22.8. The maximum Gasteiger partial charge on any atom is 0.257 e. The van der Waals surface area contributed by atoms with Crippen molar-refractivity contribution in [2.75, 3.05) is 14.1 Å². The molecule has 4 aromatic rings. The van der Waals surface area contributed by atoms with Crippen LogP contribution in [-0.4, -0.2) is 34.9 Å². The maximum absolute atomic E-state index is 11.9. The lowest BCUT2D eigenvalue weighted by Crippen LogP contribution is -2.23. The van der Waals surface area contributed by atoms with Gasteiger partial charge in [0, 0.05) is 36.4 Å². The Hall–Kier alpha value is -2.90. The maximum atomic E-state index is 11.9. The molecule has 0 radical (unpaired) electrons. The number of hydrogen-bond acceptors (Lipinski definition) is 6. The third kappa shape index (κ3) is 4.80. The lowest BCUT2D eigenvalue weighted by Gasteiger charge is -2.07. The quantitative estimate of drug-likeness (QED) is 0.364. The van der Waals surface area contributed by atoms with Crippen molar-refractivity contribution in [1.29, 1.82) is 0 Å². The number of carbonyl (C=O) groups excluding carboxylic acids is 1. The van der Waals surface area contributed by atoms with Crippen LogP contribution in [0, 0.1) is 0 Å². The zero-order chi connectivity index (χ0) is 20.9. The summed E-state index contributed by atoms with van der Waals surface area (Å²) in [5.41, 5.74) is 3.77. The zero-order valence-electron chi connectivity index (χ0n) is 16.7. The van der Waals surface area contributed by atoms with Gasteiger partial charge in [-0.25, -0.2) is 9.97 Å². The number of oxazole rings is 1. The highest BCUT2D eigenvalue weighted by Crippen LogP contribution is 2.36. The number of carbonyl (C=O) groups is 1.